The molecule has 31 heavy (non-hydrogen) atoms. The van der Waals surface area contributed by atoms with E-state index in [9.17, 15) is 9.59 Å². The predicted molar refractivity (Wildman–Crippen MR) is 125 cm³/mol. The number of nitrogens with one attached hydrogen (secondary N) is 1. The third kappa shape index (κ3) is 4.87. The lowest BCUT2D eigenvalue weighted by molar-refractivity contribution is 0.0734. The van der Waals surface area contributed by atoms with E-state index in [2.05, 4.69) is 26.5 Å². The van der Waals surface area contributed by atoms with Crippen LogP contribution in [0.1, 0.15) is 26.3 Å². The van der Waals surface area contributed by atoms with Crippen LogP contribution in [-0.2, 0) is 0 Å². The van der Waals surface area contributed by atoms with Gasteiger partial charge in [0.2, 0.25) is 0 Å². The Morgan fingerprint density at radius 2 is 1.61 bits per heavy atom. The largest absolute Gasteiger partial charge is 0.422 e. The fourth-order valence-electron chi connectivity index (χ4n) is 3.09. The average Bonchev–Trinajstić information content (AvgIpc) is 2.80. The third-order valence-corrected chi connectivity index (χ3v) is 5.08. The second-order valence-corrected chi connectivity index (χ2v) is 7.58. The van der Waals surface area contributed by atoms with Crippen LogP contribution < -0.4 is 10.2 Å². The van der Waals surface area contributed by atoms with Gasteiger partial charge in [0, 0.05) is 15.6 Å². The number of amides is 1. The number of rotatable bonds is 5. The summed E-state index contributed by atoms with van der Waals surface area (Å²) in [4.78, 5) is 25.0. The van der Waals surface area contributed by atoms with Crippen LogP contribution in [0.4, 0.5) is 0 Å². The van der Waals surface area contributed by atoms with E-state index in [1.807, 2.05) is 42.5 Å². The molecule has 0 aliphatic heterocycles. The number of halogens is 1. The Morgan fingerprint density at radius 1 is 0.871 bits per heavy atom. The summed E-state index contributed by atoms with van der Waals surface area (Å²) in [5, 5.41) is 5.89. The predicted octanol–water partition coefficient (Wildman–Crippen LogP) is 5.59. The van der Waals surface area contributed by atoms with E-state index in [1.54, 1.807) is 48.5 Å². The van der Waals surface area contributed by atoms with Gasteiger partial charge in [-0.2, -0.15) is 5.10 Å². The molecule has 6 heteroatoms. The van der Waals surface area contributed by atoms with Crippen LogP contribution in [0.5, 0.6) is 5.75 Å². The fraction of sp³-hybridized carbons (Fsp3) is 0. The van der Waals surface area contributed by atoms with Gasteiger partial charge >= 0.3 is 5.97 Å². The van der Waals surface area contributed by atoms with E-state index in [1.165, 1.54) is 6.21 Å². The van der Waals surface area contributed by atoms with Crippen molar-refractivity contribution in [1.82, 2.24) is 5.43 Å². The Labute approximate surface area is 187 Å². The molecule has 0 bridgehead atoms. The van der Waals surface area contributed by atoms with Crippen molar-refractivity contribution in [3.05, 3.63) is 112 Å². The van der Waals surface area contributed by atoms with Crippen LogP contribution in [-0.4, -0.2) is 18.1 Å². The van der Waals surface area contributed by atoms with Gasteiger partial charge in [-0.1, -0.05) is 70.5 Å². The maximum Gasteiger partial charge on any atom is 0.343 e. The van der Waals surface area contributed by atoms with Crippen LogP contribution in [0.3, 0.4) is 0 Å². The van der Waals surface area contributed by atoms with Crippen molar-refractivity contribution in [1.29, 1.82) is 0 Å². The second kappa shape index (κ2) is 9.36. The Balaban J connectivity index is 1.53. The Morgan fingerprint density at radius 3 is 2.45 bits per heavy atom. The van der Waals surface area contributed by atoms with E-state index in [0.717, 1.165) is 15.2 Å². The van der Waals surface area contributed by atoms with Gasteiger partial charge in [-0.15, -0.1) is 0 Å². The molecule has 4 aromatic rings. The first kappa shape index (κ1) is 20.5. The molecule has 0 saturated heterocycles. The first-order chi connectivity index (χ1) is 15.1. The van der Waals surface area contributed by atoms with Gasteiger partial charge in [-0.25, -0.2) is 10.2 Å². The summed E-state index contributed by atoms with van der Waals surface area (Å²) in [6.07, 6.45) is 1.45. The molecule has 0 aliphatic rings. The van der Waals surface area contributed by atoms with Crippen LogP contribution in [0.25, 0.3) is 10.8 Å². The molecule has 0 saturated carbocycles. The van der Waals surface area contributed by atoms with Gasteiger partial charge in [-0.05, 0) is 47.2 Å². The number of nitrogens with zero attached hydrogens (tertiary/aromatic N) is 1. The van der Waals surface area contributed by atoms with Crippen molar-refractivity contribution in [2.24, 2.45) is 5.10 Å². The smallest absolute Gasteiger partial charge is 0.343 e. The monoisotopic (exact) mass is 472 g/mol. The molecule has 4 rings (SSSR count). The van der Waals surface area contributed by atoms with E-state index in [0.29, 0.717) is 22.4 Å². The Bertz CT molecular complexity index is 1280. The standard InChI is InChI=1S/C25H17BrN2O3/c26-20-13-14-23(31-25(30)18-8-2-1-3-9-18)19(15-20)16-27-28-24(29)22-12-6-10-17-7-4-5-11-21(17)22/h1-16H,(H,28,29). The molecule has 1 amide bonds. The summed E-state index contributed by atoms with van der Waals surface area (Å²) < 4.78 is 6.31. The number of benzene rings is 4. The normalized spacial score (nSPS) is 10.9. The van der Waals surface area contributed by atoms with E-state index in [4.69, 9.17) is 4.74 Å². The van der Waals surface area contributed by atoms with Crippen molar-refractivity contribution >= 4 is 44.8 Å². The lowest BCUT2D eigenvalue weighted by Crippen LogP contribution is -2.18. The molecule has 4 aromatic carbocycles. The van der Waals surface area contributed by atoms with Crippen LogP contribution >= 0.6 is 15.9 Å². The average molecular weight is 473 g/mol. The lowest BCUT2D eigenvalue weighted by Gasteiger charge is -2.08. The maximum atomic E-state index is 12.6. The summed E-state index contributed by atoms with van der Waals surface area (Å²) in [7, 11) is 0. The number of carbonyl (C=O) groups is 2. The van der Waals surface area contributed by atoms with Crippen molar-refractivity contribution in [2.75, 3.05) is 0 Å². The van der Waals surface area contributed by atoms with Crippen LogP contribution in [0, 0.1) is 0 Å². The highest BCUT2D eigenvalue weighted by molar-refractivity contribution is 9.10. The van der Waals surface area contributed by atoms with Gasteiger partial charge in [0.1, 0.15) is 5.75 Å². The van der Waals surface area contributed by atoms with Crippen molar-refractivity contribution in [3.8, 4) is 5.75 Å². The number of hydrazone groups is 1. The van der Waals surface area contributed by atoms with E-state index in [-0.39, 0.29) is 5.91 Å². The topological polar surface area (TPSA) is 67.8 Å². The number of hydrogen-bond donors (Lipinski definition) is 1. The molecule has 1 N–H and O–H groups in total. The zero-order valence-electron chi connectivity index (χ0n) is 16.3. The molecule has 0 unspecified atom stereocenters. The highest BCUT2D eigenvalue weighted by Crippen LogP contribution is 2.23. The molecular formula is C25H17BrN2O3. The van der Waals surface area contributed by atoms with Crippen molar-refractivity contribution < 1.29 is 14.3 Å². The summed E-state index contributed by atoms with van der Waals surface area (Å²) in [5.74, 6) is -0.469. The number of hydrogen-bond acceptors (Lipinski definition) is 4. The molecule has 0 aromatic heterocycles. The number of ether oxygens (including phenoxy) is 1. The summed E-state index contributed by atoms with van der Waals surface area (Å²) >= 11 is 3.40. The molecule has 0 spiro atoms. The Kier molecular flexibility index (Phi) is 6.19. The first-order valence-electron chi connectivity index (χ1n) is 9.50. The number of esters is 1. The molecular weight excluding hydrogens is 456 g/mol. The molecule has 5 nitrogen and oxygen atoms in total. The molecule has 0 heterocycles. The molecule has 0 radical (unpaired) electrons. The molecule has 0 aliphatic carbocycles. The Hall–Kier alpha value is -3.77. The maximum absolute atomic E-state index is 12.6. The lowest BCUT2D eigenvalue weighted by atomic mass is 10.0. The molecule has 152 valence electrons. The second-order valence-electron chi connectivity index (χ2n) is 6.66. The summed E-state index contributed by atoms with van der Waals surface area (Å²) in [6, 6.07) is 27.1. The quantitative estimate of drug-likeness (QED) is 0.178. The van der Waals surface area contributed by atoms with Crippen LogP contribution in [0.2, 0.25) is 0 Å². The third-order valence-electron chi connectivity index (χ3n) is 4.59. The van der Waals surface area contributed by atoms with Gasteiger partial charge in [0.15, 0.2) is 0 Å². The van der Waals surface area contributed by atoms with Crippen LogP contribution in [0.15, 0.2) is 101 Å². The van der Waals surface area contributed by atoms with Gasteiger partial charge in [0.05, 0.1) is 11.8 Å². The highest BCUT2D eigenvalue weighted by atomic mass is 79.9. The SMILES string of the molecule is O=C(Oc1ccc(Br)cc1C=NNC(=O)c1cccc2ccccc12)c1ccccc1. The first-order valence-corrected chi connectivity index (χ1v) is 10.3. The summed E-state index contributed by atoms with van der Waals surface area (Å²) in [6.45, 7) is 0. The molecule has 0 fully saturated rings. The summed E-state index contributed by atoms with van der Waals surface area (Å²) in [5.41, 5.74) is 4.05. The number of carbonyl (C=O) groups excluding carboxylic acids is 2. The highest BCUT2D eigenvalue weighted by Gasteiger charge is 2.12. The zero-order valence-corrected chi connectivity index (χ0v) is 17.9. The molecule has 0 atom stereocenters. The minimum absolute atomic E-state index is 0.328. The zero-order chi connectivity index (χ0) is 21.6. The van der Waals surface area contributed by atoms with Crippen molar-refractivity contribution in [3.63, 3.8) is 0 Å². The van der Waals surface area contributed by atoms with E-state index >= 15 is 0 Å². The fourth-order valence-corrected chi connectivity index (χ4v) is 3.47. The van der Waals surface area contributed by atoms with Crippen molar-refractivity contribution in [2.45, 2.75) is 0 Å². The number of fused-ring (bicyclic) bond motifs is 1. The minimum atomic E-state index is -0.475. The van der Waals surface area contributed by atoms with Gasteiger partial charge in [-0.3, -0.25) is 4.79 Å². The van der Waals surface area contributed by atoms with Gasteiger partial charge in [0.25, 0.3) is 5.91 Å². The minimum Gasteiger partial charge on any atom is -0.422 e. The van der Waals surface area contributed by atoms with E-state index < -0.39 is 5.97 Å². The van der Waals surface area contributed by atoms with Gasteiger partial charge < -0.3 is 4.74 Å².